The summed E-state index contributed by atoms with van der Waals surface area (Å²) in [7, 11) is 0. The number of aliphatic hydroxyl groups is 1. The van der Waals surface area contributed by atoms with Crippen LogP contribution >= 0.6 is 0 Å². The quantitative estimate of drug-likeness (QED) is 0.260. The van der Waals surface area contributed by atoms with Gasteiger partial charge in [-0.3, -0.25) is 0 Å². The molecule has 8 atom stereocenters. The Morgan fingerprint density at radius 2 is 1.82 bits per heavy atom. The molecule has 0 unspecified atom stereocenters. The highest BCUT2D eigenvalue weighted by molar-refractivity contribution is 5.77. The van der Waals surface area contributed by atoms with Crippen LogP contribution in [0.4, 0.5) is 0 Å². The molecule has 0 heterocycles. The summed E-state index contributed by atoms with van der Waals surface area (Å²) in [6, 6.07) is 0. The van der Waals surface area contributed by atoms with Crippen molar-refractivity contribution < 1.29 is 14.7 Å². The van der Waals surface area contributed by atoms with E-state index in [1.54, 1.807) is 6.21 Å². The number of oxime groups is 1. The van der Waals surface area contributed by atoms with Crippen LogP contribution in [0.2, 0.25) is 0 Å². The van der Waals surface area contributed by atoms with Crippen LogP contribution in [0.1, 0.15) is 85.0 Å². The lowest BCUT2D eigenvalue weighted by atomic mass is 9.43. The minimum atomic E-state index is -0.562. The molecular weight excluding hydrogens is 426 g/mol. The van der Waals surface area contributed by atoms with E-state index < -0.39 is 5.60 Å². The van der Waals surface area contributed by atoms with Crippen molar-refractivity contribution >= 4 is 6.21 Å². The van der Waals surface area contributed by atoms with E-state index in [1.807, 2.05) is 0 Å². The van der Waals surface area contributed by atoms with Crippen LogP contribution in [-0.2, 0) is 9.57 Å². The second-order valence-corrected chi connectivity index (χ2v) is 12.2. The fourth-order valence-corrected chi connectivity index (χ4v) is 8.57. The zero-order chi connectivity index (χ0) is 24.4. The van der Waals surface area contributed by atoms with Gasteiger partial charge in [-0.1, -0.05) is 25.1 Å². The van der Waals surface area contributed by atoms with E-state index in [1.165, 1.54) is 25.7 Å². The number of rotatable bonds is 9. The molecule has 4 aliphatic carbocycles. The summed E-state index contributed by atoms with van der Waals surface area (Å²) in [6.07, 6.45) is 15.8. The Morgan fingerprint density at radius 3 is 2.59 bits per heavy atom. The van der Waals surface area contributed by atoms with Crippen molar-refractivity contribution in [3.63, 3.8) is 0 Å². The molecule has 194 valence electrons. The molecule has 4 rings (SSSR count). The maximum Gasteiger partial charge on any atom is 0.129 e. The first-order valence-corrected chi connectivity index (χ1v) is 13.9. The van der Waals surface area contributed by atoms with Gasteiger partial charge in [0.1, 0.15) is 6.61 Å². The van der Waals surface area contributed by atoms with Gasteiger partial charge in [-0.05, 0) is 112 Å². The second-order valence-electron chi connectivity index (χ2n) is 12.2. The molecule has 0 aromatic carbocycles. The zero-order valence-electron chi connectivity index (χ0n) is 21.8. The molecule has 0 radical (unpaired) electrons. The summed E-state index contributed by atoms with van der Waals surface area (Å²) in [4.78, 5) is 5.18. The minimum Gasteiger partial charge on any atom is -0.394 e. The van der Waals surface area contributed by atoms with E-state index in [9.17, 15) is 5.11 Å². The van der Waals surface area contributed by atoms with Gasteiger partial charge in [-0.15, -0.1) is 0 Å². The minimum absolute atomic E-state index is 0.0624. The maximum absolute atomic E-state index is 12.4. The van der Waals surface area contributed by atoms with Crippen molar-refractivity contribution in [2.24, 2.45) is 51.1 Å². The van der Waals surface area contributed by atoms with Gasteiger partial charge in [0.25, 0.3) is 0 Å². The van der Waals surface area contributed by atoms with Gasteiger partial charge in [0.05, 0.1) is 17.9 Å². The van der Waals surface area contributed by atoms with Crippen LogP contribution in [0, 0.1) is 34.5 Å². The number of ether oxygens (including phenoxy) is 1. The standard InChI is InChI=1S/C28H49N3O3/c1-20(19-31-34-16-14-30)17-22-7-12-28(32)25-6-5-21-18-23(33-15-4-13-29)8-10-26(21,2)24(25)9-11-27(22,28)3/h17,19,21-25,32H,4-16,18,29-30H2,1-3H3/b20-17+,31-19+/t21-,22-,23-,24+,25-,26+,27-,28+/m1/s1. The molecule has 6 nitrogen and oxygen atoms in total. The van der Waals surface area contributed by atoms with Crippen LogP contribution in [0.25, 0.3) is 0 Å². The average molecular weight is 476 g/mol. The normalized spacial score (nSPS) is 44.5. The summed E-state index contributed by atoms with van der Waals surface area (Å²) in [6.45, 7) is 9.41. The Balaban J connectivity index is 1.46. The summed E-state index contributed by atoms with van der Waals surface area (Å²) in [5.74, 6) is 2.16. The van der Waals surface area contributed by atoms with E-state index in [-0.39, 0.29) is 5.41 Å². The van der Waals surface area contributed by atoms with Gasteiger partial charge in [0.2, 0.25) is 0 Å². The summed E-state index contributed by atoms with van der Waals surface area (Å²) in [5.41, 5.74) is 11.9. The highest BCUT2D eigenvalue weighted by Crippen LogP contribution is 2.69. The fourth-order valence-electron chi connectivity index (χ4n) is 8.57. The third-order valence-electron chi connectivity index (χ3n) is 10.6. The number of nitrogens with two attached hydrogens (primary N) is 2. The molecule has 34 heavy (non-hydrogen) atoms. The Morgan fingerprint density at radius 1 is 1.00 bits per heavy atom. The smallest absolute Gasteiger partial charge is 0.129 e. The third-order valence-corrected chi connectivity index (χ3v) is 10.6. The van der Waals surface area contributed by atoms with Crippen LogP contribution < -0.4 is 11.5 Å². The van der Waals surface area contributed by atoms with E-state index in [4.69, 9.17) is 21.0 Å². The molecular formula is C28H49N3O3. The summed E-state index contributed by atoms with van der Waals surface area (Å²) in [5, 5.41) is 16.4. The molecule has 0 bridgehead atoms. The van der Waals surface area contributed by atoms with Gasteiger partial charge in [-0.25, -0.2) is 0 Å². The van der Waals surface area contributed by atoms with Crippen molar-refractivity contribution in [1.29, 1.82) is 0 Å². The lowest BCUT2D eigenvalue weighted by molar-refractivity contribution is -0.209. The highest BCUT2D eigenvalue weighted by Gasteiger charge is 2.66. The Hall–Kier alpha value is -0.950. The first kappa shape index (κ1) is 26.1. The molecule has 0 aromatic rings. The number of nitrogens with zero attached hydrogens (tertiary/aromatic N) is 1. The molecule has 0 saturated heterocycles. The molecule has 0 amide bonds. The highest BCUT2D eigenvalue weighted by atomic mass is 16.6. The molecule has 5 N–H and O–H groups in total. The molecule has 4 aliphatic rings. The van der Waals surface area contributed by atoms with Crippen LogP contribution in [0.15, 0.2) is 16.8 Å². The molecule has 0 aromatic heterocycles. The van der Waals surface area contributed by atoms with Gasteiger partial charge in [0.15, 0.2) is 0 Å². The van der Waals surface area contributed by atoms with Crippen LogP contribution in [-0.4, -0.2) is 49.3 Å². The van der Waals surface area contributed by atoms with Crippen molar-refractivity contribution in [2.75, 3.05) is 26.3 Å². The number of hydrogen-bond acceptors (Lipinski definition) is 6. The molecule has 0 spiro atoms. The molecule has 0 aliphatic heterocycles. The van der Waals surface area contributed by atoms with Crippen molar-refractivity contribution in [1.82, 2.24) is 0 Å². The van der Waals surface area contributed by atoms with E-state index in [0.29, 0.717) is 49.0 Å². The SMILES string of the molecule is CC(/C=N/OCCN)=C\[C@H]1CC[C@]2(O)[C@@H]3CC[C@@H]4C[C@H](OCCCN)CC[C@]4(C)[C@H]3CC[C@]12C. The van der Waals surface area contributed by atoms with Gasteiger partial charge in [0, 0.05) is 18.6 Å². The Bertz CT molecular complexity index is 757. The molecule has 4 saturated carbocycles. The first-order valence-electron chi connectivity index (χ1n) is 13.9. The zero-order valence-corrected chi connectivity index (χ0v) is 21.8. The average Bonchev–Trinajstić information content (AvgIpc) is 3.08. The van der Waals surface area contributed by atoms with E-state index in [2.05, 4.69) is 32.0 Å². The summed E-state index contributed by atoms with van der Waals surface area (Å²) < 4.78 is 6.19. The predicted molar refractivity (Wildman–Crippen MR) is 137 cm³/mol. The van der Waals surface area contributed by atoms with Gasteiger partial charge < -0.3 is 26.1 Å². The monoisotopic (exact) mass is 475 g/mol. The lowest BCUT2D eigenvalue weighted by Gasteiger charge is -2.63. The second kappa shape index (κ2) is 10.6. The number of hydrogen-bond donors (Lipinski definition) is 3. The van der Waals surface area contributed by atoms with Gasteiger partial charge >= 0.3 is 0 Å². The maximum atomic E-state index is 12.4. The molecule has 6 heteroatoms. The Kier molecular flexibility index (Phi) is 8.13. The Labute approximate surface area is 206 Å². The first-order chi connectivity index (χ1) is 16.3. The van der Waals surface area contributed by atoms with Crippen LogP contribution in [0.3, 0.4) is 0 Å². The lowest BCUT2D eigenvalue weighted by Crippen LogP contribution is -2.62. The largest absolute Gasteiger partial charge is 0.394 e. The van der Waals surface area contributed by atoms with Crippen molar-refractivity contribution in [2.45, 2.75) is 96.7 Å². The fraction of sp³-hybridized carbons (Fsp3) is 0.893. The molecule has 4 fully saturated rings. The number of fused-ring (bicyclic) bond motifs is 5. The third kappa shape index (κ3) is 4.60. The number of allylic oxidation sites excluding steroid dienone is 2. The topological polar surface area (TPSA) is 103 Å². The van der Waals surface area contributed by atoms with Crippen LogP contribution in [0.5, 0.6) is 0 Å². The summed E-state index contributed by atoms with van der Waals surface area (Å²) >= 11 is 0. The van der Waals surface area contributed by atoms with E-state index in [0.717, 1.165) is 56.6 Å². The van der Waals surface area contributed by atoms with Crippen molar-refractivity contribution in [3.05, 3.63) is 11.6 Å². The van der Waals surface area contributed by atoms with E-state index >= 15 is 0 Å². The predicted octanol–water partition coefficient (Wildman–Crippen LogP) is 4.40. The van der Waals surface area contributed by atoms with Gasteiger partial charge in [-0.2, -0.15) is 0 Å². The van der Waals surface area contributed by atoms with Crippen molar-refractivity contribution in [3.8, 4) is 0 Å².